The van der Waals surface area contributed by atoms with Crippen LogP contribution in [0.2, 0.25) is 0 Å². The maximum Gasteiger partial charge on any atom is 0.255 e. The van der Waals surface area contributed by atoms with Gasteiger partial charge in [0.1, 0.15) is 0 Å². The molecular weight excluding hydrogens is 324 g/mol. The Labute approximate surface area is 145 Å². The highest BCUT2D eigenvalue weighted by Crippen LogP contribution is 2.32. The van der Waals surface area contributed by atoms with Gasteiger partial charge < -0.3 is 15.2 Å². The number of carbonyl (C=O) groups excluding carboxylic acids is 1. The first-order valence-electron chi connectivity index (χ1n) is 8.01. The summed E-state index contributed by atoms with van der Waals surface area (Å²) in [5, 5.41) is 3.79. The van der Waals surface area contributed by atoms with Crippen molar-refractivity contribution in [2.45, 2.75) is 30.9 Å². The van der Waals surface area contributed by atoms with Gasteiger partial charge in [0, 0.05) is 18.0 Å². The number of benzene rings is 1. The summed E-state index contributed by atoms with van der Waals surface area (Å²) in [5.74, 6) is 1.80. The lowest BCUT2D eigenvalue weighted by molar-refractivity contribution is 0.0773. The highest BCUT2D eigenvalue weighted by Gasteiger charge is 2.35. The van der Waals surface area contributed by atoms with Gasteiger partial charge in [0.05, 0.1) is 11.3 Å². The number of nitrogens with zero attached hydrogens (tertiary/aromatic N) is 3. The summed E-state index contributed by atoms with van der Waals surface area (Å²) < 4.78 is 5.14. The number of hydrogen-bond acceptors (Lipinski definition) is 6. The largest absolute Gasteiger partial charge is 0.338 e. The molecule has 1 amide bonds. The van der Waals surface area contributed by atoms with E-state index in [0.29, 0.717) is 30.6 Å². The van der Waals surface area contributed by atoms with Gasteiger partial charge in [0.15, 0.2) is 5.82 Å². The van der Waals surface area contributed by atoms with Crippen molar-refractivity contribution < 1.29 is 9.32 Å². The van der Waals surface area contributed by atoms with E-state index < -0.39 is 0 Å². The van der Waals surface area contributed by atoms with Crippen molar-refractivity contribution in [3.05, 3.63) is 41.5 Å². The molecule has 0 saturated carbocycles. The molecule has 0 spiro atoms. The third-order valence-electron chi connectivity index (χ3n) is 4.38. The van der Waals surface area contributed by atoms with E-state index in [1.807, 2.05) is 29.2 Å². The zero-order chi connectivity index (χ0) is 17.2. The van der Waals surface area contributed by atoms with Crippen LogP contribution >= 0.6 is 11.8 Å². The molecule has 1 fully saturated rings. The van der Waals surface area contributed by atoms with Crippen LogP contribution in [0.1, 0.15) is 35.4 Å². The van der Waals surface area contributed by atoms with Crippen LogP contribution in [-0.4, -0.2) is 40.6 Å². The average Bonchev–Trinajstić information content (AvgIpc) is 3.19. The molecule has 1 unspecified atom stereocenters. The van der Waals surface area contributed by atoms with Gasteiger partial charge in [0.25, 0.3) is 5.91 Å². The van der Waals surface area contributed by atoms with E-state index in [2.05, 4.69) is 17.1 Å². The first-order valence-corrected chi connectivity index (χ1v) is 9.00. The van der Waals surface area contributed by atoms with Crippen molar-refractivity contribution in [2.75, 3.05) is 19.6 Å². The predicted molar refractivity (Wildman–Crippen MR) is 92.7 cm³/mol. The second-order valence-electron chi connectivity index (χ2n) is 6.51. The number of aromatic nitrogens is 2. The van der Waals surface area contributed by atoms with E-state index >= 15 is 0 Å². The van der Waals surface area contributed by atoms with Crippen LogP contribution in [0.4, 0.5) is 0 Å². The Morgan fingerprint density at radius 2 is 2.25 bits per heavy atom. The standard InChI is InChI=1S/C17H22N4O2S/c1-12-19-15(23-20-12)9-24-14-6-4-3-5-13(14)16(22)21-8-7-17(2,10-18)11-21/h3-6H,7-11,18H2,1-2H3. The highest BCUT2D eigenvalue weighted by atomic mass is 32.2. The van der Waals surface area contributed by atoms with Gasteiger partial charge in [-0.05, 0) is 37.4 Å². The molecule has 128 valence electrons. The van der Waals surface area contributed by atoms with Crippen molar-refractivity contribution >= 4 is 17.7 Å². The molecule has 24 heavy (non-hydrogen) atoms. The van der Waals surface area contributed by atoms with E-state index in [1.54, 1.807) is 6.92 Å². The second-order valence-corrected chi connectivity index (χ2v) is 7.53. The molecule has 0 bridgehead atoms. The van der Waals surface area contributed by atoms with Crippen molar-refractivity contribution in [2.24, 2.45) is 11.1 Å². The molecule has 2 N–H and O–H groups in total. The summed E-state index contributed by atoms with van der Waals surface area (Å²) in [6.07, 6.45) is 0.950. The Hall–Kier alpha value is -1.86. The predicted octanol–water partition coefficient (Wildman–Crippen LogP) is 2.48. The number of aryl methyl sites for hydroxylation is 1. The topological polar surface area (TPSA) is 85.2 Å². The highest BCUT2D eigenvalue weighted by molar-refractivity contribution is 7.98. The summed E-state index contributed by atoms with van der Waals surface area (Å²) in [4.78, 5) is 19.9. The molecular formula is C17H22N4O2S. The van der Waals surface area contributed by atoms with Crippen LogP contribution in [0, 0.1) is 12.3 Å². The Kier molecular flexibility index (Phi) is 4.91. The van der Waals surface area contributed by atoms with Gasteiger partial charge in [-0.3, -0.25) is 4.79 Å². The summed E-state index contributed by atoms with van der Waals surface area (Å²) in [5.41, 5.74) is 6.60. The lowest BCUT2D eigenvalue weighted by Crippen LogP contribution is -2.34. The lowest BCUT2D eigenvalue weighted by atomic mass is 9.90. The molecule has 1 atom stereocenters. The van der Waals surface area contributed by atoms with Crippen molar-refractivity contribution in [3.8, 4) is 0 Å². The molecule has 0 aliphatic carbocycles. The summed E-state index contributed by atoms with van der Waals surface area (Å²) >= 11 is 1.54. The van der Waals surface area contributed by atoms with Crippen LogP contribution in [0.15, 0.2) is 33.7 Å². The molecule has 1 saturated heterocycles. The minimum Gasteiger partial charge on any atom is -0.338 e. The fraction of sp³-hybridized carbons (Fsp3) is 0.471. The summed E-state index contributed by atoms with van der Waals surface area (Å²) in [7, 11) is 0. The molecule has 2 aromatic rings. The molecule has 1 aliphatic heterocycles. The zero-order valence-electron chi connectivity index (χ0n) is 14.0. The zero-order valence-corrected chi connectivity index (χ0v) is 14.8. The number of nitrogens with two attached hydrogens (primary N) is 1. The van der Waals surface area contributed by atoms with Crippen molar-refractivity contribution in [1.82, 2.24) is 15.0 Å². The molecule has 6 nitrogen and oxygen atoms in total. The van der Waals surface area contributed by atoms with Crippen LogP contribution in [0.3, 0.4) is 0 Å². The number of amides is 1. The summed E-state index contributed by atoms with van der Waals surface area (Å²) in [6.45, 7) is 6.00. The quantitative estimate of drug-likeness (QED) is 0.837. The van der Waals surface area contributed by atoms with E-state index in [0.717, 1.165) is 23.4 Å². The van der Waals surface area contributed by atoms with Gasteiger partial charge in [-0.2, -0.15) is 4.98 Å². The molecule has 3 rings (SSSR count). The Balaban J connectivity index is 1.73. The number of likely N-dealkylation sites (tertiary alicyclic amines) is 1. The molecule has 1 aromatic heterocycles. The first kappa shape index (κ1) is 17.0. The van der Waals surface area contributed by atoms with Crippen LogP contribution in [-0.2, 0) is 5.75 Å². The third-order valence-corrected chi connectivity index (χ3v) is 5.43. The van der Waals surface area contributed by atoms with E-state index in [1.165, 1.54) is 11.8 Å². The molecule has 2 heterocycles. The number of thioether (sulfide) groups is 1. The molecule has 7 heteroatoms. The fourth-order valence-corrected chi connectivity index (χ4v) is 3.72. The van der Waals surface area contributed by atoms with Gasteiger partial charge >= 0.3 is 0 Å². The van der Waals surface area contributed by atoms with Crippen LogP contribution < -0.4 is 5.73 Å². The smallest absolute Gasteiger partial charge is 0.255 e. The number of hydrogen-bond donors (Lipinski definition) is 1. The van der Waals surface area contributed by atoms with Crippen molar-refractivity contribution in [1.29, 1.82) is 0 Å². The van der Waals surface area contributed by atoms with E-state index in [4.69, 9.17) is 10.3 Å². The minimum absolute atomic E-state index is 0.0268. The van der Waals surface area contributed by atoms with E-state index in [9.17, 15) is 4.79 Å². The third kappa shape index (κ3) is 3.62. The molecule has 0 radical (unpaired) electrons. The van der Waals surface area contributed by atoms with Gasteiger partial charge in [-0.15, -0.1) is 11.8 Å². The molecule has 1 aliphatic rings. The number of carbonyl (C=O) groups is 1. The Bertz CT molecular complexity index is 733. The maximum absolute atomic E-state index is 12.9. The van der Waals surface area contributed by atoms with Crippen LogP contribution in [0.5, 0.6) is 0 Å². The van der Waals surface area contributed by atoms with Gasteiger partial charge in [0.2, 0.25) is 5.89 Å². The van der Waals surface area contributed by atoms with Crippen molar-refractivity contribution in [3.63, 3.8) is 0 Å². The first-order chi connectivity index (χ1) is 11.5. The van der Waals surface area contributed by atoms with E-state index in [-0.39, 0.29) is 11.3 Å². The normalized spacial score (nSPS) is 20.5. The fourth-order valence-electron chi connectivity index (χ4n) is 2.84. The Morgan fingerprint density at radius 1 is 1.46 bits per heavy atom. The second kappa shape index (κ2) is 6.94. The maximum atomic E-state index is 12.9. The number of rotatable bonds is 5. The van der Waals surface area contributed by atoms with Crippen LogP contribution in [0.25, 0.3) is 0 Å². The SMILES string of the molecule is Cc1noc(CSc2ccccc2C(=O)N2CCC(C)(CN)C2)n1. The van der Waals surface area contributed by atoms with Gasteiger partial charge in [-0.25, -0.2) is 0 Å². The monoisotopic (exact) mass is 346 g/mol. The summed E-state index contributed by atoms with van der Waals surface area (Å²) in [6, 6.07) is 7.67. The lowest BCUT2D eigenvalue weighted by Gasteiger charge is -2.23. The molecule has 1 aromatic carbocycles. The average molecular weight is 346 g/mol. The van der Waals surface area contributed by atoms with Gasteiger partial charge in [-0.1, -0.05) is 24.2 Å². The minimum atomic E-state index is 0.0268. The Morgan fingerprint density at radius 3 is 2.92 bits per heavy atom.